The number of para-hydroxylation sites is 1. The number of aromatic nitrogens is 1. The second-order valence-corrected chi connectivity index (χ2v) is 6.69. The number of aliphatic carboxylic acids is 1. The zero-order valence-electron chi connectivity index (χ0n) is 15.4. The van der Waals surface area contributed by atoms with E-state index in [0.717, 1.165) is 28.5 Å². The van der Waals surface area contributed by atoms with E-state index in [1.807, 2.05) is 42.6 Å². The number of carboxylic acids is 1. The van der Waals surface area contributed by atoms with Crippen LogP contribution in [-0.4, -0.2) is 28.0 Å². The van der Waals surface area contributed by atoms with Crippen molar-refractivity contribution in [2.45, 2.75) is 38.6 Å². The average molecular weight is 364 g/mol. The molecule has 1 amide bonds. The smallest absolute Gasteiger partial charge is 0.326 e. The van der Waals surface area contributed by atoms with E-state index in [1.165, 1.54) is 5.56 Å². The van der Waals surface area contributed by atoms with Gasteiger partial charge in [-0.05, 0) is 35.6 Å². The third kappa shape index (κ3) is 4.76. The van der Waals surface area contributed by atoms with Gasteiger partial charge in [0.25, 0.3) is 0 Å². The molecule has 0 fully saturated rings. The molecule has 1 atom stereocenters. The molecule has 3 N–H and O–H groups in total. The maximum atomic E-state index is 12.3. The summed E-state index contributed by atoms with van der Waals surface area (Å²) in [5.74, 6) is -1.28. The zero-order chi connectivity index (χ0) is 19.2. The number of carbonyl (C=O) groups is 2. The Kier molecular flexibility index (Phi) is 5.91. The Morgan fingerprint density at radius 2 is 1.78 bits per heavy atom. The highest BCUT2D eigenvalue weighted by Gasteiger charge is 2.21. The van der Waals surface area contributed by atoms with E-state index in [-0.39, 0.29) is 18.7 Å². The number of carboxylic acid groups (broad SMARTS) is 1. The summed E-state index contributed by atoms with van der Waals surface area (Å²) >= 11 is 0. The molecule has 0 spiro atoms. The highest BCUT2D eigenvalue weighted by molar-refractivity contribution is 5.86. The summed E-state index contributed by atoms with van der Waals surface area (Å²) in [6.07, 6.45) is 3.89. The molecule has 140 valence electrons. The number of aromatic amines is 1. The van der Waals surface area contributed by atoms with Gasteiger partial charge in [-0.1, -0.05) is 49.4 Å². The fourth-order valence-corrected chi connectivity index (χ4v) is 3.19. The summed E-state index contributed by atoms with van der Waals surface area (Å²) in [6, 6.07) is 14.9. The van der Waals surface area contributed by atoms with Crippen molar-refractivity contribution < 1.29 is 14.7 Å². The minimum Gasteiger partial charge on any atom is -0.480 e. The Morgan fingerprint density at radius 1 is 1.07 bits per heavy atom. The van der Waals surface area contributed by atoms with Gasteiger partial charge >= 0.3 is 5.97 Å². The summed E-state index contributed by atoms with van der Waals surface area (Å²) < 4.78 is 0. The Bertz CT molecular complexity index is 928. The van der Waals surface area contributed by atoms with Gasteiger partial charge in [-0.15, -0.1) is 0 Å². The van der Waals surface area contributed by atoms with Gasteiger partial charge in [0.05, 0.1) is 0 Å². The lowest BCUT2D eigenvalue weighted by molar-refractivity contribution is -0.141. The van der Waals surface area contributed by atoms with Crippen LogP contribution in [-0.2, 0) is 28.9 Å². The van der Waals surface area contributed by atoms with Gasteiger partial charge in [0.1, 0.15) is 6.04 Å². The summed E-state index contributed by atoms with van der Waals surface area (Å²) in [4.78, 5) is 27.0. The summed E-state index contributed by atoms with van der Waals surface area (Å²) in [6.45, 7) is 2.10. The first-order valence-electron chi connectivity index (χ1n) is 9.21. The number of carbonyl (C=O) groups excluding carboxylic acids is 1. The van der Waals surface area contributed by atoms with Crippen LogP contribution in [0.2, 0.25) is 0 Å². The van der Waals surface area contributed by atoms with Gasteiger partial charge in [0, 0.05) is 29.9 Å². The predicted octanol–water partition coefficient (Wildman–Crippen LogP) is 3.48. The van der Waals surface area contributed by atoms with Crippen molar-refractivity contribution in [3.63, 3.8) is 0 Å². The van der Waals surface area contributed by atoms with Gasteiger partial charge in [-0.3, -0.25) is 4.79 Å². The van der Waals surface area contributed by atoms with Gasteiger partial charge in [-0.25, -0.2) is 4.79 Å². The molecule has 27 heavy (non-hydrogen) atoms. The number of amides is 1. The van der Waals surface area contributed by atoms with Crippen LogP contribution in [0.5, 0.6) is 0 Å². The zero-order valence-corrected chi connectivity index (χ0v) is 15.4. The minimum atomic E-state index is -1.03. The van der Waals surface area contributed by atoms with Crippen molar-refractivity contribution in [2.24, 2.45) is 0 Å². The standard InChI is InChI=1S/C22H24N2O3/c1-2-15-7-9-16(10-8-15)11-12-21(25)24-20(22(26)27)13-17-14-23-19-6-4-3-5-18(17)19/h3-10,14,20,23H,2,11-13H2,1H3,(H,24,25)(H,26,27). The van der Waals surface area contributed by atoms with Crippen molar-refractivity contribution >= 4 is 22.8 Å². The Labute approximate surface area is 158 Å². The molecule has 3 aromatic rings. The van der Waals surface area contributed by atoms with E-state index >= 15 is 0 Å². The topological polar surface area (TPSA) is 82.2 Å². The monoisotopic (exact) mass is 364 g/mol. The van der Waals surface area contributed by atoms with Crippen LogP contribution < -0.4 is 5.32 Å². The predicted molar refractivity (Wildman–Crippen MR) is 106 cm³/mol. The fraction of sp³-hybridized carbons (Fsp3) is 0.273. The van der Waals surface area contributed by atoms with Crippen LogP contribution in [0.3, 0.4) is 0 Å². The maximum absolute atomic E-state index is 12.3. The second kappa shape index (κ2) is 8.54. The Balaban J connectivity index is 1.60. The van der Waals surface area contributed by atoms with E-state index in [0.29, 0.717) is 6.42 Å². The first-order chi connectivity index (χ1) is 13.1. The number of aryl methyl sites for hydroxylation is 2. The molecule has 1 unspecified atom stereocenters. The first kappa shape index (κ1) is 18.7. The molecule has 2 aromatic carbocycles. The van der Waals surface area contributed by atoms with Crippen LogP contribution in [0, 0.1) is 0 Å². The Hall–Kier alpha value is -3.08. The first-order valence-corrected chi connectivity index (χ1v) is 9.21. The summed E-state index contributed by atoms with van der Waals surface area (Å²) in [7, 11) is 0. The highest BCUT2D eigenvalue weighted by atomic mass is 16.4. The van der Waals surface area contributed by atoms with E-state index in [2.05, 4.69) is 29.4 Å². The van der Waals surface area contributed by atoms with Gasteiger partial charge in [0.15, 0.2) is 0 Å². The van der Waals surface area contributed by atoms with Crippen LogP contribution in [0.1, 0.15) is 30.0 Å². The number of nitrogens with one attached hydrogen (secondary N) is 2. The third-order valence-electron chi connectivity index (χ3n) is 4.80. The lowest BCUT2D eigenvalue weighted by Crippen LogP contribution is -2.42. The molecule has 5 nitrogen and oxygen atoms in total. The molecular weight excluding hydrogens is 340 g/mol. The van der Waals surface area contributed by atoms with Crippen LogP contribution in [0.25, 0.3) is 10.9 Å². The molecule has 5 heteroatoms. The summed E-state index contributed by atoms with van der Waals surface area (Å²) in [5, 5.41) is 13.2. The van der Waals surface area contributed by atoms with E-state index in [9.17, 15) is 14.7 Å². The van der Waals surface area contributed by atoms with Gasteiger partial charge < -0.3 is 15.4 Å². The van der Waals surface area contributed by atoms with Gasteiger partial charge in [-0.2, -0.15) is 0 Å². The van der Waals surface area contributed by atoms with Crippen molar-refractivity contribution in [1.29, 1.82) is 0 Å². The number of hydrogen-bond acceptors (Lipinski definition) is 2. The number of hydrogen-bond donors (Lipinski definition) is 3. The molecule has 1 heterocycles. The molecule has 0 aliphatic carbocycles. The van der Waals surface area contributed by atoms with Crippen molar-refractivity contribution in [1.82, 2.24) is 10.3 Å². The van der Waals surface area contributed by atoms with Gasteiger partial charge in [0.2, 0.25) is 5.91 Å². The van der Waals surface area contributed by atoms with E-state index < -0.39 is 12.0 Å². The van der Waals surface area contributed by atoms with Crippen LogP contribution >= 0.6 is 0 Å². The molecule has 0 bridgehead atoms. The summed E-state index contributed by atoms with van der Waals surface area (Å²) in [5.41, 5.74) is 4.17. The SMILES string of the molecule is CCc1ccc(CCC(=O)NC(Cc2c[nH]c3ccccc23)C(=O)O)cc1. The molecule has 0 radical (unpaired) electrons. The van der Waals surface area contributed by atoms with E-state index in [4.69, 9.17) is 0 Å². The molecule has 1 aromatic heterocycles. The molecule has 3 rings (SSSR count). The molecular formula is C22H24N2O3. The maximum Gasteiger partial charge on any atom is 0.326 e. The van der Waals surface area contributed by atoms with Crippen LogP contribution in [0.4, 0.5) is 0 Å². The number of rotatable bonds is 8. The van der Waals surface area contributed by atoms with Crippen molar-refractivity contribution in [2.75, 3.05) is 0 Å². The lowest BCUT2D eigenvalue weighted by Gasteiger charge is -2.14. The molecule has 0 saturated heterocycles. The highest BCUT2D eigenvalue weighted by Crippen LogP contribution is 2.19. The third-order valence-corrected chi connectivity index (χ3v) is 4.80. The number of H-pyrrole nitrogens is 1. The second-order valence-electron chi connectivity index (χ2n) is 6.69. The largest absolute Gasteiger partial charge is 0.480 e. The number of benzene rings is 2. The quantitative estimate of drug-likeness (QED) is 0.572. The van der Waals surface area contributed by atoms with Crippen molar-refractivity contribution in [3.8, 4) is 0 Å². The minimum absolute atomic E-state index is 0.246. The lowest BCUT2D eigenvalue weighted by atomic mass is 10.0. The number of fused-ring (bicyclic) bond motifs is 1. The van der Waals surface area contributed by atoms with Crippen molar-refractivity contribution in [3.05, 3.63) is 71.4 Å². The Morgan fingerprint density at radius 3 is 2.48 bits per heavy atom. The molecule has 0 aliphatic heterocycles. The van der Waals surface area contributed by atoms with E-state index in [1.54, 1.807) is 0 Å². The average Bonchev–Trinajstić information content (AvgIpc) is 3.09. The molecule has 0 saturated carbocycles. The fourth-order valence-electron chi connectivity index (χ4n) is 3.19. The van der Waals surface area contributed by atoms with Crippen LogP contribution in [0.15, 0.2) is 54.7 Å². The normalized spacial score (nSPS) is 12.0. The molecule has 0 aliphatic rings.